The molecule has 0 aliphatic carbocycles. The average molecular weight is 204 g/mol. The van der Waals surface area contributed by atoms with Crippen LogP contribution in [0.3, 0.4) is 0 Å². The Labute approximate surface area is 87.4 Å². The van der Waals surface area contributed by atoms with Crippen LogP contribution in [0.1, 0.15) is 52.9 Å². The SMILES string of the molecule is CCCCOC(CC)OC(O)CCC. The van der Waals surface area contributed by atoms with Gasteiger partial charge in [0.2, 0.25) is 0 Å². The molecular weight excluding hydrogens is 180 g/mol. The monoisotopic (exact) mass is 204 g/mol. The summed E-state index contributed by atoms with van der Waals surface area (Å²) in [6.45, 7) is 6.85. The Kier molecular flexibility index (Phi) is 9.35. The van der Waals surface area contributed by atoms with Crippen molar-refractivity contribution in [3.8, 4) is 0 Å². The number of aliphatic hydroxyl groups is 1. The van der Waals surface area contributed by atoms with E-state index in [1.54, 1.807) is 0 Å². The second-order valence-electron chi connectivity index (χ2n) is 3.44. The van der Waals surface area contributed by atoms with Crippen molar-refractivity contribution >= 4 is 0 Å². The van der Waals surface area contributed by atoms with Gasteiger partial charge in [-0.05, 0) is 19.3 Å². The molecule has 1 N–H and O–H groups in total. The quantitative estimate of drug-likeness (QED) is 0.463. The van der Waals surface area contributed by atoms with Crippen LogP contribution in [0.15, 0.2) is 0 Å². The van der Waals surface area contributed by atoms with Gasteiger partial charge in [-0.1, -0.05) is 33.6 Å². The number of hydrogen-bond donors (Lipinski definition) is 1. The summed E-state index contributed by atoms with van der Waals surface area (Å²) in [4.78, 5) is 0. The van der Waals surface area contributed by atoms with Crippen molar-refractivity contribution in [1.82, 2.24) is 0 Å². The Hall–Kier alpha value is -0.120. The van der Waals surface area contributed by atoms with E-state index < -0.39 is 6.29 Å². The van der Waals surface area contributed by atoms with Gasteiger partial charge in [-0.15, -0.1) is 0 Å². The molecule has 14 heavy (non-hydrogen) atoms. The van der Waals surface area contributed by atoms with Gasteiger partial charge in [0.05, 0.1) is 0 Å². The van der Waals surface area contributed by atoms with Gasteiger partial charge in [0, 0.05) is 6.61 Å². The first kappa shape index (κ1) is 13.9. The van der Waals surface area contributed by atoms with Crippen LogP contribution >= 0.6 is 0 Å². The van der Waals surface area contributed by atoms with E-state index in [1.807, 2.05) is 13.8 Å². The third kappa shape index (κ3) is 7.30. The standard InChI is InChI=1S/C11H24O3/c1-4-7-9-13-11(6-3)14-10(12)8-5-2/h10-12H,4-9H2,1-3H3. The van der Waals surface area contributed by atoms with Crippen molar-refractivity contribution in [2.45, 2.75) is 65.5 Å². The molecular formula is C11H24O3. The number of ether oxygens (including phenoxy) is 2. The summed E-state index contributed by atoms with van der Waals surface area (Å²) in [6, 6.07) is 0. The molecule has 0 aliphatic heterocycles. The van der Waals surface area contributed by atoms with Crippen molar-refractivity contribution in [3.63, 3.8) is 0 Å². The van der Waals surface area contributed by atoms with E-state index in [4.69, 9.17) is 9.47 Å². The van der Waals surface area contributed by atoms with Crippen molar-refractivity contribution in [2.24, 2.45) is 0 Å². The van der Waals surface area contributed by atoms with Gasteiger partial charge >= 0.3 is 0 Å². The summed E-state index contributed by atoms with van der Waals surface area (Å²) in [5, 5.41) is 9.41. The van der Waals surface area contributed by atoms with E-state index in [1.165, 1.54) is 0 Å². The minimum Gasteiger partial charge on any atom is -0.368 e. The third-order valence-electron chi connectivity index (χ3n) is 1.98. The molecule has 2 unspecified atom stereocenters. The second-order valence-corrected chi connectivity index (χ2v) is 3.44. The van der Waals surface area contributed by atoms with Crippen molar-refractivity contribution in [3.05, 3.63) is 0 Å². The molecule has 0 heterocycles. The van der Waals surface area contributed by atoms with Crippen LogP contribution in [0.5, 0.6) is 0 Å². The van der Waals surface area contributed by atoms with Crippen LogP contribution in [-0.2, 0) is 9.47 Å². The molecule has 0 spiro atoms. The molecule has 0 rings (SSSR count). The summed E-state index contributed by atoms with van der Waals surface area (Å²) >= 11 is 0. The Morgan fingerprint density at radius 1 is 1.14 bits per heavy atom. The van der Waals surface area contributed by atoms with E-state index in [0.29, 0.717) is 13.0 Å². The lowest BCUT2D eigenvalue weighted by Gasteiger charge is -2.20. The lowest BCUT2D eigenvalue weighted by atomic mass is 10.3. The Morgan fingerprint density at radius 2 is 1.86 bits per heavy atom. The highest BCUT2D eigenvalue weighted by Gasteiger charge is 2.11. The van der Waals surface area contributed by atoms with Gasteiger partial charge in [-0.25, -0.2) is 0 Å². The van der Waals surface area contributed by atoms with E-state index in [-0.39, 0.29) is 6.29 Å². The molecule has 0 fully saturated rings. The first-order valence-electron chi connectivity index (χ1n) is 5.69. The number of unbranched alkanes of at least 4 members (excludes halogenated alkanes) is 1. The zero-order valence-electron chi connectivity index (χ0n) is 9.66. The van der Waals surface area contributed by atoms with Crippen molar-refractivity contribution in [1.29, 1.82) is 0 Å². The van der Waals surface area contributed by atoms with Crippen LogP contribution in [0.4, 0.5) is 0 Å². The Balaban J connectivity index is 3.55. The van der Waals surface area contributed by atoms with E-state index in [2.05, 4.69) is 6.92 Å². The van der Waals surface area contributed by atoms with Crippen molar-refractivity contribution in [2.75, 3.05) is 6.61 Å². The minimum atomic E-state index is -0.674. The predicted octanol–water partition coefficient (Wildman–Crippen LogP) is 2.67. The lowest BCUT2D eigenvalue weighted by molar-refractivity contribution is -0.230. The maximum atomic E-state index is 9.41. The first-order valence-corrected chi connectivity index (χ1v) is 5.69. The maximum Gasteiger partial charge on any atom is 0.160 e. The smallest absolute Gasteiger partial charge is 0.160 e. The highest BCUT2D eigenvalue weighted by Crippen LogP contribution is 2.08. The summed E-state index contributed by atoms with van der Waals surface area (Å²) in [5.74, 6) is 0. The van der Waals surface area contributed by atoms with Gasteiger partial charge in [0.1, 0.15) is 0 Å². The fourth-order valence-corrected chi connectivity index (χ4v) is 1.10. The normalized spacial score (nSPS) is 15.4. The fourth-order valence-electron chi connectivity index (χ4n) is 1.10. The topological polar surface area (TPSA) is 38.7 Å². The highest BCUT2D eigenvalue weighted by atomic mass is 16.7. The number of aliphatic hydroxyl groups excluding tert-OH is 1. The molecule has 3 heteroatoms. The molecule has 86 valence electrons. The van der Waals surface area contributed by atoms with E-state index >= 15 is 0 Å². The van der Waals surface area contributed by atoms with Gasteiger partial charge < -0.3 is 14.6 Å². The number of rotatable bonds is 9. The van der Waals surface area contributed by atoms with Crippen LogP contribution in [0, 0.1) is 0 Å². The summed E-state index contributed by atoms with van der Waals surface area (Å²) in [5.41, 5.74) is 0. The maximum absolute atomic E-state index is 9.41. The minimum absolute atomic E-state index is 0.247. The molecule has 0 saturated carbocycles. The average Bonchev–Trinajstić information content (AvgIpc) is 2.17. The summed E-state index contributed by atoms with van der Waals surface area (Å²) in [6.07, 6.45) is 3.62. The van der Waals surface area contributed by atoms with Gasteiger partial charge in [0.25, 0.3) is 0 Å². The van der Waals surface area contributed by atoms with Crippen LogP contribution in [0.2, 0.25) is 0 Å². The summed E-state index contributed by atoms with van der Waals surface area (Å²) < 4.78 is 10.8. The second kappa shape index (κ2) is 9.44. The van der Waals surface area contributed by atoms with Crippen LogP contribution in [-0.4, -0.2) is 24.3 Å². The van der Waals surface area contributed by atoms with Gasteiger partial charge in [-0.2, -0.15) is 0 Å². The zero-order chi connectivity index (χ0) is 10.8. The molecule has 0 radical (unpaired) electrons. The zero-order valence-corrected chi connectivity index (χ0v) is 9.66. The molecule has 0 saturated heterocycles. The van der Waals surface area contributed by atoms with E-state index in [9.17, 15) is 5.11 Å². The third-order valence-corrected chi connectivity index (χ3v) is 1.98. The van der Waals surface area contributed by atoms with Crippen LogP contribution < -0.4 is 0 Å². The molecule has 0 bridgehead atoms. The fraction of sp³-hybridized carbons (Fsp3) is 1.00. The largest absolute Gasteiger partial charge is 0.368 e. The van der Waals surface area contributed by atoms with Crippen molar-refractivity contribution < 1.29 is 14.6 Å². The highest BCUT2D eigenvalue weighted by molar-refractivity contribution is 4.45. The molecule has 0 aromatic heterocycles. The Bertz CT molecular complexity index is 117. The first-order chi connectivity index (χ1) is 6.74. The predicted molar refractivity (Wildman–Crippen MR) is 56.9 cm³/mol. The van der Waals surface area contributed by atoms with E-state index in [0.717, 1.165) is 25.7 Å². The van der Waals surface area contributed by atoms with Gasteiger partial charge in [-0.3, -0.25) is 0 Å². The summed E-state index contributed by atoms with van der Waals surface area (Å²) in [7, 11) is 0. The molecule has 0 amide bonds. The molecule has 0 aromatic rings. The molecule has 2 atom stereocenters. The molecule has 0 aromatic carbocycles. The molecule has 0 aliphatic rings. The van der Waals surface area contributed by atoms with Gasteiger partial charge in [0.15, 0.2) is 12.6 Å². The van der Waals surface area contributed by atoms with Crippen LogP contribution in [0.25, 0.3) is 0 Å². The number of hydrogen-bond acceptors (Lipinski definition) is 3. The lowest BCUT2D eigenvalue weighted by Crippen LogP contribution is -2.24. The Morgan fingerprint density at radius 3 is 2.36 bits per heavy atom. The molecule has 3 nitrogen and oxygen atoms in total.